The van der Waals surface area contributed by atoms with Crippen LogP contribution in [0.5, 0.6) is 0 Å². The van der Waals surface area contributed by atoms with Crippen LogP contribution in [0.15, 0.2) is 24.3 Å². The fourth-order valence-corrected chi connectivity index (χ4v) is 0.977. The van der Waals surface area contributed by atoms with Gasteiger partial charge in [0.25, 0.3) is 0 Å². The van der Waals surface area contributed by atoms with Crippen molar-refractivity contribution in [2.45, 2.75) is 0 Å². The molecule has 0 aliphatic carbocycles. The SMILES string of the molecule is SCC#Cc1cccc(Cl)c1. The van der Waals surface area contributed by atoms with Crippen LogP contribution in [0.4, 0.5) is 0 Å². The summed E-state index contributed by atoms with van der Waals surface area (Å²) in [5.41, 5.74) is 0.937. The molecule has 0 heterocycles. The summed E-state index contributed by atoms with van der Waals surface area (Å²) in [4.78, 5) is 0. The van der Waals surface area contributed by atoms with Gasteiger partial charge in [0.15, 0.2) is 0 Å². The van der Waals surface area contributed by atoms with E-state index in [2.05, 4.69) is 24.5 Å². The van der Waals surface area contributed by atoms with Gasteiger partial charge in [-0.05, 0) is 18.2 Å². The van der Waals surface area contributed by atoms with E-state index in [4.69, 9.17) is 11.6 Å². The molecule has 0 bridgehead atoms. The van der Waals surface area contributed by atoms with E-state index in [0.29, 0.717) is 5.75 Å². The summed E-state index contributed by atoms with van der Waals surface area (Å²) in [6.07, 6.45) is 0. The van der Waals surface area contributed by atoms with Gasteiger partial charge >= 0.3 is 0 Å². The number of thiol groups is 1. The Hall–Kier alpha value is -0.580. The zero-order valence-electron chi connectivity index (χ0n) is 5.84. The highest BCUT2D eigenvalue weighted by atomic mass is 35.5. The van der Waals surface area contributed by atoms with Crippen LogP contribution in [0.3, 0.4) is 0 Å². The average molecular weight is 183 g/mol. The Balaban J connectivity index is 2.87. The quantitative estimate of drug-likeness (QED) is 0.463. The van der Waals surface area contributed by atoms with Gasteiger partial charge in [-0.1, -0.05) is 29.5 Å². The van der Waals surface area contributed by atoms with E-state index in [1.807, 2.05) is 24.3 Å². The van der Waals surface area contributed by atoms with Crippen LogP contribution < -0.4 is 0 Å². The van der Waals surface area contributed by atoms with Crippen molar-refractivity contribution in [1.29, 1.82) is 0 Å². The first-order chi connectivity index (χ1) is 5.33. The predicted molar refractivity (Wildman–Crippen MR) is 52.2 cm³/mol. The van der Waals surface area contributed by atoms with Crippen LogP contribution in [-0.2, 0) is 0 Å². The highest BCUT2D eigenvalue weighted by Crippen LogP contribution is 2.09. The van der Waals surface area contributed by atoms with Crippen LogP contribution in [-0.4, -0.2) is 5.75 Å². The molecule has 0 aliphatic heterocycles. The lowest BCUT2D eigenvalue weighted by atomic mass is 10.2. The molecule has 0 fully saturated rings. The molecule has 0 saturated carbocycles. The third-order valence-electron chi connectivity index (χ3n) is 1.14. The number of hydrogen-bond donors (Lipinski definition) is 1. The highest BCUT2D eigenvalue weighted by molar-refractivity contribution is 7.80. The number of hydrogen-bond acceptors (Lipinski definition) is 1. The van der Waals surface area contributed by atoms with Crippen molar-refractivity contribution in [2.24, 2.45) is 0 Å². The zero-order valence-corrected chi connectivity index (χ0v) is 7.49. The van der Waals surface area contributed by atoms with E-state index in [9.17, 15) is 0 Å². The van der Waals surface area contributed by atoms with E-state index in [-0.39, 0.29) is 0 Å². The standard InChI is InChI=1S/C9H7ClS/c10-9-5-1-3-8(7-9)4-2-6-11/h1,3,5,7,11H,6H2. The first-order valence-electron chi connectivity index (χ1n) is 3.18. The van der Waals surface area contributed by atoms with Crippen LogP contribution in [0.2, 0.25) is 5.02 Å². The zero-order chi connectivity index (χ0) is 8.10. The largest absolute Gasteiger partial charge is 0.166 e. The van der Waals surface area contributed by atoms with Crippen LogP contribution in [0.25, 0.3) is 0 Å². The molecule has 0 radical (unpaired) electrons. The van der Waals surface area contributed by atoms with E-state index < -0.39 is 0 Å². The van der Waals surface area contributed by atoms with Crippen LogP contribution >= 0.6 is 24.2 Å². The number of halogens is 1. The van der Waals surface area contributed by atoms with Crippen molar-refractivity contribution in [3.63, 3.8) is 0 Å². The summed E-state index contributed by atoms with van der Waals surface area (Å²) in [6.45, 7) is 0. The highest BCUT2D eigenvalue weighted by Gasteiger charge is 1.86. The summed E-state index contributed by atoms with van der Waals surface area (Å²) in [7, 11) is 0. The van der Waals surface area contributed by atoms with E-state index in [1.54, 1.807) is 0 Å². The molecule has 0 unspecified atom stereocenters. The third kappa shape index (κ3) is 2.88. The maximum absolute atomic E-state index is 5.74. The Morgan fingerprint density at radius 1 is 1.45 bits per heavy atom. The predicted octanol–water partition coefficient (Wildman–Crippen LogP) is 2.62. The van der Waals surface area contributed by atoms with Gasteiger partial charge in [0, 0.05) is 10.6 Å². The Bertz CT molecular complexity index is 296. The Kier molecular flexibility index (Phi) is 3.35. The second kappa shape index (κ2) is 4.33. The first-order valence-corrected chi connectivity index (χ1v) is 4.19. The molecule has 0 N–H and O–H groups in total. The minimum Gasteiger partial charge on any atom is -0.166 e. The normalized spacial score (nSPS) is 8.55. The molecule has 0 saturated heterocycles. The second-order valence-corrected chi connectivity index (χ2v) is 2.72. The van der Waals surface area contributed by atoms with Crippen molar-refractivity contribution in [3.05, 3.63) is 34.9 Å². The third-order valence-corrected chi connectivity index (χ3v) is 1.53. The molecule has 0 atom stereocenters. The van der Waals surface area contributed by atoms with Crippen molar-refractivity contribution < 1.29 is 0 Å². The number of benzene rings is 1. The van der Waals surface area contributed by atoms with E-state index in [1.165, 1.54) is 0 Å². The Labute approximate surface area is 77.0 Å². The summed E-state index contributed by atoms with van der Waals surface area (Å²) >= 11 is 9.71. The van der Waals surface area contributed by atoms with Gasteiger partial charge in [0.05, 0.1) is 5.75 Å². The molecule has 0 spiro atoms. The fourth-order valence-electron chi connectivity index (χ4n) is 0.708. The summed E-state index contributed by atoms with van der Waals surface area (Å²) in [5.74, 6) is 6.35. The molecule has 11 heavy (non-hydrogen) atoms. The van der Waals surface area contributed by atoms with Crippen molar-refractivity contribution in [3.8, 4) is 11.8 Å². The van der Waals surface area contributed by atoms with Gasteiger partial charge in [-0.15, -0.1) is 0 Å². The summed E-state index contributed by atoms with van der Waals surface area (Å²) in [5, 5.41) is 0.718. The molecule has 0 aromatic heterocycles. The van der Waals surface area contributed by atoms with Crippen molar-refractivity contribution in [2.75, 3.05) is 5.75 Å². The minimum atomic E-state index is 0.576. The molecular weight excluding hydrogens is 176 g/mol. The van der Waals surface area contributed by atoms with E-state index in [0.717, 1.165) is 10.6 Å². The molecule has 0 aliphatic rings. The molecule has 56 valence electrons. The fraction of sp³-hybridized carbons (Fsp3) is 0.111. The van der Waals surface area contributed by atoms with E-state index >= 15 is 0 Å². The molecule has 1 rings (SSSR count). The maximum Gasteiger partial charge on any atom is 0.0521 e. The lowest BCUT2D eigenvalue weighted by Gasteiger charge is -1.89. The second-order valence-electron chi connectivity index (χ2n) is 1.97. The molecule has 0 nitrogen and oxygen atoms in total. The van der Waals surface area contributed by atoms with Crippen LogP contribution in [0, 0.1) is 11.8 Å². The van der Waals surface area contributed by atoms with Gasteiger partial charge in [0.2, 0.25) is 0 Å². The Morgan fingerprint density at radius 3 is 2.91 bits per heavy atom. The van der Waals surface area contributed by atoms with Gasteiger partial charge in [-0.25, -0.2) is 0 Å². The van der Waals surface area contributed by atoms with Gasteiger partial charge in [0.1, 0.15) is 0 Å². The topological polar surface area (TPSA) is 0 Å². The monoisotopic (exact) mass is 182 g/mol. The average Bonchev–Trinajstić information content (AvgIpc) is 2.01. The van der Waals surface area contributed by atoms with Gasteiger partial charge in [-0.3, -0.25) is 0 Å². The molecular formula is C9H7ClS. The summed E-state index contributed by atoms with van der Waals surface area (Å²) in [6, 6.07) is 7.46. The van der Waals surface area contributed by atoms with Gasteiger partial charge in [-0.2, -0.15) is 12.6 Å². The minimum absolute atomic E-state index is 0.576. The maximum atomic E-state index is 5.74. The van der Waals surface area contributed by atoms with Crippen molar-refractivity contribution >= 4 is 24.2 Å². The smallest absolute Gasteiger partial charge is 0.0521 e. The lowest BCUT2D eigenvalue weighted by molar-refractivity contribution is 1.64. The lowest BCUT2D eigenvalue weighted by Crippen LogP contribution is -1.72. The van der Waals surface area contributed by atoms with Gasteiger partial charge < -0.3 is 0 Å². The molecule has 1 aromatic rings. The van der Waals surface area contributed by atoms with Crippen LogP contribution in [0.1, 0.15) is 5.56 Å². The van der Waals surface area contributed by atoms with Crippen molar-refractivity contribution in [1.82, 2.24) is 0 Å². The molecule has 1 aromatic carbocycles. The summed E-state index contributed by atoms with van der Waals surface area (Å²) < 4.78 is 0. The molecule has 0 amide bonds. The Morgan fingerprint density at radius 2 is 2.27 bits per heavy atom. The first kappa shape index (κ1) is 8.52. The molecule has 2 heteroatoms. The number of rotatable bonds is 0.